The first kappa shape index (κ1) is 13.1. The number of carbonyl (C=O) groups is 1. The summed E-state index contributed by atoms with van der Waals surface area (Å²) in [4.78, 5) is 13.3. The molecular formula is C13H17NO3S. The van der Waals surface area contributed by atoms with Crippen LogP contribution in [0, 0.1) is 0 Å². The molecule has 1 heterocycles. The van der Waals surface area contributed by atoms with Gasteiger partial charge in [0.1, 0.15) is 0 Å². The Hall–Kier alpha value is -1.36. The molecule has 1 saturated heterocycles. The van der Waals surface area contributed by atoms with Gasteiger partial charge in [-0.2, -0.15) is 0 Å². The maximum absolute atomic E-state index is 11.7. The SMILES string of the molecule is CC(=O)N(Cc1ccccc1)C1CCS(=O)(=O)C1. The lowest BCUT2D eigenvalue weighted by Gasteiger charge is -2.27. The van der Waals surface area contributed by atoms with Crippen molar-refractivity contribution in [3.8, 4) is 0 Å². The van der Waals surface area contributed by atoms with Gasteiger partial charge in [0.25, 0.3) is 0 Å². The summed E-state index contributed by atoms with van der Waals surface area (Å²) in [6, 6.07) is 9.46. The summed E-state index contributed by atoms with van der Waals surface area (Å²) in [6.45, 7) is 1.98. The molecule has 1 atom stereocenters. The van der Waals surface area contributed by atoms with E-state index in [0.717, 1.165) is 5.56 Å². The summed E-state index contributed by atoms with van der Waals surface area (Å²) in [7, 11) is -2.96. The number of rotatable bonds is 3. The summed E-state index contributed by atoms with van der Waals surface area (Å²) < 4.78 is 23.0. The number of nitrogens with zero attached hydrogens (tertiary/aromatic N) is 1. The number of hydrogen-bond acceptors (Lipinski definition) is 3. The van der Waals surface area contributed by atoms with Crippen LogP contribution in [0.5, 0.6) is 0 Å². The summed E-state index contributed by atoms with van der Waals surface area (Å²) in [5.41, 5.74) is 1.02. The number of hydrogen-bond donors (Lipinski definition) is 0. The lowest BCUT2D eigenvalue weighted by atomic mass is 10.1. The summed E-state index contributed by atoms with van der Waals surface area (Å²) in [5.74, 6) is 0.219. The number of amides is 1. The molecule has 1 aromatic rings. The zero-order chi connectivity index (χ0) is 13.2. The molecule has 0 N–H and O–H groups in total. The van der Waals surface area contributed by atoms with Crippen LogP contribution in [-0.4, -0.2) is 36.8 Å². The predicted molar refractivity (Wildman–Crippen MR) is 69.7 cm³/mol. The Labute approximate surface area is 108 Å². The van der Waals surface area contributed by atoms with Crippen molar-refractivity contribution in [1.29, 1.82) is 0 Å². The Morgan fingerprint density at radius 1 is 1.33 bits per heavy atom. The topological polar surface area (TPSA) is 54.5 Å². The third-order valence-corrected chi connectivity index (χ3v) is 5.00. The van der Waals surface area contributed by atoms with Crippen LogP contribution in [0.15, 0.2) is 30.3 Å². The lowest BCUT2D eigenvalue weighted by Crippen LogP contribution is -2.39. The van der Waals surface area contributed by atoms with Crippen LogP contribution in [0.1, 0.15) is 18.9 Å². The van der Waals surface area contributed by atoms with Crippen molar-refractivity contribution < 1.29 is 13.2 Å². The van der Waals surface area contributed by atoms with E-state index in [4.69, 9.17) is 0 Å². The van der Waals surface area contributed by atoms with Gasteiger partial charge in [0, 0.05) is 19.5 Å². The molecule has 1 amide bonds. The highest BCUT2D eigenvalue weighted by atomic mass is 32.2. The molecule has 1 fully saturated rings. The molecule has 1 aliphatic rings. The van der Waals surface area contributed by atoms with Gasteiger partial charge in [-0.15, -0.1) is 0 Å². The monoisotopic (exact) mass is 267 g/mol. The van der Waals surface area contributed by atoms with Crippen LogP contribution in [0.2, 0.25) is 0 Å². The fraction of sp³-hybridized carbons (Fsp3) is 0.462. The largest absolute Gasteiger partial charge is 0.335 e. The number of carbonyl (C=O) groups excluding carboxylic acids is 1. The molecule has 18 heavy (non-hydrogen) atoms. The Kier molecular flexibility index (Phi) is 3.71. The fourth-order valence-corrected chi connectivity index (χ4v) is 4.03. The standard InChI is InChI=1S/C13H17NO3S/c1-11(15)14(9-12-5-3-2-4-6-12)13-7-8-18(16,17)10-13/h2-6,13H,7-10H2,1H3. The predicted octanol–water partition coefficient (Wildman–Crippen LogP) is 1.22. The summed E-state index contributed by atoms with van der Waals surface area (Å²) >= 11 is 0. The van der Waals surface area contributed by atoms with E-state index in [2.05, 4.69) is 0 Å². The average molecular weight is 267 g/mol. The van der Waals surface area contributed by atoms with Crippen molar-refractivity contribution >= 4 is 15.7 Å². The normalized spacial score (nSPS) is 21.7. The Bertz CT molecular complexity index is 524. The highest BCUT2D eigenvalue weighted by molar-refractivity contribution is 7.91. The molecule has 0 radical (unpaired) electrons. The van der Waals surface area contributed by atoms with E-state index in [1.165, 1.54) is 6.92 Å². The van der Waals surface area contributed by atoms with E-state index in [0.29, 0.717) is 13.0 Å². The molecule has 1 unspecified atom stereocenters. The van der Waals surface area contributed by atoms with Crippen LogP contribution in [0.4, 0.5) is 0 Å². The smallest absolute Gasteiger partial charge is 0.220 e. The maximum atomic E-state index is 11.7. The van der Waals surface area contributed by atoms with E-state index in [9.17, 15) is 13.2 Å². The van der Waals surface area contributed by atoms with Crippen molar-refractivity contribution in [2.45, 2.75) is 25.9 Å². The third-order valence-electron chi connectivity index (χ3n) is 3.25. The lowest BCUT2D eigenvalue weighted by molar-refractivity contribution is -0.131. The van der Waals surface area contributed by atoms with Gasteiger partial charge in [0.2, 0.25) is 5.91 Å². The molecule has 2 rings (SSSR count). The van der Waals surface area contributed by atoms with Crippen molar-refractivity contribution in [2.75, 3.05) is 11.5 Å². The van der Waals surface area contributed by atoms with Gasteiger partial charge in [-0.05, 0) is 12.0 Å². The molecule has 98 valence electrons. The molecule has 1 aromatic carbocycles. The van der Waals surface area contributed by atoms with Gasteiger partial charge in [-0.3, -0.25) is 4.79 Å². The zero-order valence-corrected chi connectivity index (χ0v) is 11.2. The van der Waals surface area contributed by atoms with E-state index in [1.807, 2.05) is 30.3 Å². The molecule has 1 aliphatic heterocycles. The van der Waals surface area contributed by atoms with Crippen LogP contribution in [0.25, 0.3) is 0 Å². The second-order valence-corrected chi connectivity index (χ2v) is 6.92. The van der Waals surface area contributed by atoms with Gasteiger partial charge in [-0.1, -0.05) is 30.3 Å². The van der Waals surface area contributed by atoms with Crippen molar-refractivity contribution in [1.82, 2.24) is 4.90 Å². The molecule has 0 aliphatic carbocycles. The van der Waals surface area contributed by atoms with Crippen molar-refractivity contribution in [2.24, 2.45) is 0 Å². The number of benzene rings is 1. The van der Waals surface area contributed by atoms with Crippen LogP contribution < -0.4 is 0 Å². The Morgan fingerprint density at radius 3 is 2.50 bits per heavy atom. The maximum Gasteiger partial charge on any atom is 0.220 e. The van der Waals surface area contributed by atoms with Gasteiger partial charge in [0.05, 0.1) is 11.5 Å². The summed E-state index contributed by atoms with van der Waals surface area (Å²) in [6.07, 6.45) is 0.550. The van der Waals surface area contributed by atoms with E-state index < -0.39 is 9.84 Å². The number of sulfone groups is 1. The Morgan fingerprint density at radius 2 is 2.00 bits per heavy atom. The van der Waals surface area contributed by atoms with Crippen molar-refractivity contribution in [3.05, 3.63) is 35.9 Å². The second kappa shape index (κ2) is 5.10. The van der Waals surface area contributed by atoms with E-state index in [1.54, 1.807) is 4.90 Å². The third kappa shape index (κ3) is 3.10. The minimum atomic E-state index is -2.96. The Balaban J connectivity index is 2.13. The highest BCUT2D eigenvalue weighted by Crippen LogP contribution is 2.20. The molecule has 0 spiro atoms. The quantitative estimate of drug-likeness (QED) is 0.827. The second-order valence-electron chi connectivity index (χ2n) is 4.69. The first-order valence-corrected chi connectivity index (χ1v) is 7.81. The molecule has 4 nitrogen and oxygen atoms in total. The fourth-order valence-electron chi connectivity index (χ4n) is 2.30. The van der Waals surface area contributed by atoms with Gasteiger partial charge >= 0.3 is 0 Å². The van der Waals surface area contributed by atoms with Crippen LogP contribution >= 0.6 is 0 Å². The minimum absolute atomic E-state index is 0.0686. The minimum Gasteiger partial charge on any atom is -0.335 e. The molecule has 0 aromatic heterocycles. The average Bonchev–Trinajstić information content (AvgIpc) is 2.67. The molecular weight excluding hydrogens is 250 g/mol. The first-order chi connectivity index (χ1) is 8.48. The van der Waals surface area contributed by atoms with Gasteiger partial charge < -0.3 is 4.90 Å². The first-order valence-electron chi connectivity index (χ1n) is 5.99. The molecule has 0 saturated carbocycles. The van der Waals surface area contributed by atoms with Crippen LogP contribution in [0.3, 0.4) is 0 Å². The van der Waals surface area contributed by atoms with E-state index >= 15 is 0 Å². The molecule has 5 heteroatoms. The van der Waals surface area contributed by atoms with Gasteiger partial charge in [0.15, 0.2) is 9.84 Å². The van der Waals surface area contributed by atoms with Gasteiger partial charge in [-0.25, -0.2) is 8.42 Å². The summed E-state index contributed by atoms with van der Waals surface area (Å²) in [5, 5.41) is 0. The highest BCUT2D eigenvalue weighted by Gasteiger charge is 2.33. The molecule has 0 bridgehead atoms. The van der Waals surface area contributed by atoms with Crippen LogP contribution in [-0.2, 0) is 21.2 Å². The van der Waals surface area contributed by atoms with E-state index in [-0.39, 0.29) is 23.5 Å². The zero-order valence-electron chi connectivity index (χ0n) is 10.4. The van der Waals surface area contributed by atoms with Crippen molar-refractivity contribution in [3.63, 3.8) is 0 Å².